The highest BCUT2D eigenvalue weighted by atomic mass is 16.3. The molecule has 1 N–H and O–H groups in total. The second-order valence-corrected chi connectivity index (χ2v) is 5.91. The molecule has 0 radical (unpaired) electrons. The van der Waals surface area contributed by atoms with E-state index in [1.165, 1.54) is 0 Å². The van der Waals surface area contributed by atoms with Crippen LogP contribution in [0.1, 0.15) is 34.1 Å². The van der Waals surface area contributed by atoms with Gasteiger partial charge >= 0.3 is 0 Å². The lowest BCUT2D eigenvalue weighted by Crippen LogP contribution is -2.32. The minimum atomic E-state index is -0.198. The van der Waals surface area contributed by atoms with Crippen molar-refractivity contribution in [2.45, 2.75) is 19.4 Å². The van der Waals surface area contributed by atoms with Gasteiger partial charge in [0.25, 0.3) is 5.91 Å². The molecule has 0 aliphatic heterocycles. The van der Waals surface area contributed by atoms with Gasteiger partial charge < -0.3 is 14.4 Å². The van der Waals surface area contributed by atoms with E-state index in [1.807, 2.05) is 61.5 Å². The summed E-state index contributed by atoms with van der Waals surface area (Å²) in [5.41, 5.74) is 2.56. The first-order valence-electron chi connectivity index (χ1n) is 8.04. The maximum Gasteiger partial charge on any atom is 0.290 e. The number of para-hydroxylation sites is 1. The van der Waals surface area contributed by atoms with Crippen molar-refractivity contribution in [3.05, 3.63) is 71.5 Å². The number of hydrogen-bond donors (Lipinski definition) is 1. The second kappa shape index (κ2) is 6.89. The van der Waals surface area contributed by atoms with Crippen molar-refractivity contribution < 1.29 is 14.3 Å². The molecule has 0 saturated heterocycles. The first-order valence-corrected chi connectivity index (χ1v) is 8.04. The summed E-state index contributed by atoms with van der Waals surface area (Å²) >= 11 is 0. The molecule has 2 aromatic carbocycles. The topological polar surface area (TPSA) is 53.7 Å². The Morgan fingerprint density at radius 2 is 1.79 bits per heavy atom. The summed E-state index contributed by atoms with van der Waals surface area (Å²) in [6.45, 7) is 1.91. The second-order valence-electron chi connectivity index (χ2n) is 5.91. The van der Waals surface area contributed by atoms with Gasteiger partial charge in [-0.3, -0.25) is 4.79 Å². The van der Waals surface area contributed by atoms with E-state index in [0.29, 0.717) is 17.8 Å². The number of carbonyl (C=O) groups is 1. The Balaban J connectivity index is 1.95. The van der Waals surface area contributed by atoms with E-state index in [1.54, 1.807) is 11.9 Å². The van der Waals surface area contributed by atoms with Crippen LogP contribution in [0.2, 0.25) is 0 Å². The van der Waals surface area contributed by atoms with Crippen LogP contribution < -0.4 is 0 Å². The Kier molecular flexibility index (Phi) is 4.67. The summed E-state index contributed by atoms with van der Waals surface area (Å²) < 4.78 is 5.79. The van der Waals surface area contributed by atoms with Crippen LogP contribution >= 0.6 is 0 Å². The predicted molar refractivity (Wildman–Crippen MR) is 93.9 cm³/mol. The first kappa shape index (κ1) is 16.3. The minimum absolute atomic E-state index is 0.0102. The zero-order valence-electron chi connectivity index (χ0n) is 13.9. The Morgan fingerprint density at radius 1 is 1.12 bits per heavy atom. The van der Waals surface area contributed by atoms with Crippen molar-refractivity contribution in [3.63, 3.8) is 0 Å². The average molecular weight is 323 g/mol. The van der Waals surface area contributed by atoms with Crippen LogP contribution in [0.5, 0.6) is 0 Å². The molecule has 0 aliphatic rings. The molecule has 124 valence electrons. The lowest BCUT2D eigenvalue weighted by molar-refractivity contribution is 0.0674. The highest BCUT2D eigenvalue weighted by molar-refractivity contribution is 5.99. The molecule has 0 spiro atoms. The molecule has 1 heterocycles. The number of aliphatic hydroxyl groups excluding tert-OH is 1. The van der Waals surface area contributed by atoms with Crippen molar-refractivity contribution in [1.29, 1.82) is 0 Å². The van der Waals surface area contributed by atoms with Gasteiger partial charge in [-0.05, 0) is 25.0 Å². The number of fused-ring (bicyclic) bond motifs is 1. The summed E-state index contributed by atoms with van der Waals surface area (Å²) in [6, 6.07) is 17.2. The number of carbonyl (C=O) groups excluding carboxylic acids is 1. The molecular weight excluding hydrogens is 302 g/mol. The smallest absolute Gasteiger partial charge is 0.290 e. The molecule has 1 atom stereocenters. The van der Waals surface area contributed by atoms with Crippen LogP contribution in [-0.4, -0.2) is 29.6 Å². The van der Waals surface area contributed by atoms with E-state index in [4.69, 9.17) is 4.42 Å². The largest absolute Gasteiger partial charge is 0.451 e. The first-order chi connectivity index (χ1) is 11.6. The van der Waals surface area contributed by atoms with Crippen LogP contribution in [0.4, 0.5) is 0 Å². The number of aryl methyl sites for hydroxylation is 1. The summed E-state index contributed by atoms with van der Waals surface area (Å²) in [5.74, 6) is 0.184. The number of hydrogen-bond acceptors (Lipinski definition) is 3. The summed E-state index contributed by atoms with van der Waals surface area (Å²) in [5, 5.41) is 10.4. The zero-order valence-corrected chi connectivity index (χ0v) is 13.9. The minimum Gasteiger partial charge on any atom is -0.451 e. The molecule has 1 amide bonds. The molecule has 1 aromatic heterocycles. The van der Waals surface area contributed by atoms with Gasteiger partial charge in [0.1, 0.15) is 5.58 Å². The molecule has 24 heavy (non-hydrogen) atoms. The van der Waals surface area contributed by atoms with E-state index in [9.17, 15) is 9.90 Å². The third-order valence-electron chi connectivity index (χ3n) is 4.41. The third-order valence-corrected chi connectivity index (χ3v) is 4.41. The van der Waals surface area contributed by atoms with Gasteiger partial charge in [0, 0.05) is 24.6 Å². The van der Waals surface area contributed by atoms with E-state index < -0.39 is 0 Å². The van der Waals surface area contributed by atoms with Gasteiger partial charge in [-0.1, -0.05) is 48.5 Å². The Labute approximate surface area is 141 Å². The van der Waals surface area contributed by atoms with E-state index in [2.05, 4.69) is 0 Å². The van der Waals surface area contributed by atoms with Gasteiger partial charge in [0.15, 0.2) is 5.76 Å². The monoisotopic (exact) mass is 323 g/mol. The quantitative estimate of drug-likeness (QED) is 0.774. The third kappa shape index (κ3) is 2.93. The van der Waals surface area contributed by atoms with Crippen LogP contribution in [0.15, 0.2) is 59.0 Å². The van der Waals surface area contributed by atoms with Gasteiger partial charge in [-0.25, -0.2) is 0 Å². The molecule has 0 bridgehead atoms. The molecule has 3 rings (SSSR count). The van der Waals surface area contributed by atoms with Crippen molar-refractivity contribution in [3.8, 4) is 0 Å². The van der Waals surface area contributed by atoms with Crippen LogP contribution in [0, 0.1) is 6.92 Å². The molecular formula is C20H21NO3. The number of aliphatic hydroxyl groups is 1. The average Bonchev–Trinajstić information content (AvgIpc) is 2.96. The standard InChI is InChI=1S/C20H21NO3/c1-14-16-10-6-7-11-18(16)24-19(14)20(23)21(2)17(12-13-22)15-8-4-3-5-9-15/h3-11,17,22H,12-13H2,1-2H3. The highest BCUT2D eigenvalue weighted by Crippen LogP contribution is 2.29. The molecule has 1 unspecified atom stereocenters. The Morgan fingerprint density at radius 3 is 2.46 bits per heavy atom. The summed E-state index contributed by atoms with van der Waals surface area (Å²) in [4.78, 5) is 14.6. The van der Waals surface area contributed by atoms with E-state index in [-0.39, 0.29) is 18.6 Å². The van der Waals surface area contributed by atoms with Crippen molar-refractivity contribution >= 4 is 16.9 Å². The van der Waals surface area contributed by atoms with Gasteiger partial charge in [0.2, 0.25) is 0 Å². The van der Waals surface area contributed by atoms with E-state index in [0.717, 1.165) is 16.5 Å². The highest BCUT2D eigenvalue weighted by Gasteiger charge is 2.26. The molecule has 4 nitrogen and oxygen atoms in total. The van der Waals surface area contributed by atoms with Crippen LogP contribution in [-0.2, 0) is 0 Å². The van der Waals surface area contributed by atoms with Gasteiger partial charge in [-0.2, -0.15) is 0 Å². The van der Waals surface area contributed by atoms with Crippen molar-refractivity contribution in [2.24, 2.45) is 0 Å². The van der Waals surface area contributed by atoms with Crippen LogP contribution in [0.25, 0.3) is 11.0 Å². The van der Waals surface area contributed by atoms with Crippen molar-refractivity contribution in [2.75, 3.05) is 13.7 Å². The maximum atomic E-state index is 13.0. The lowest BCUT2D eigenvalue weighted by atomic mass is 10.0. The molecule has 3 aromatic rings. The number of amides is 1. The Hall–Kier alpha value is -2.59. The lowest BCUT2D eigenvalue weighted by Gasteiger charge is -2.27. The summed E-state index contributed by atoms with van der Waals surface area (Å²) in [6.07, 6.45) is 0.478. The maximum absolute atomic E-state index is 13.0. The number of rotatable bonds is 5. The van der Waals surface area contributed by atoms with Crippen molar-refractivity contribution in [1.82, 2.24) is 4.90 Å². The van der Waals surface area contributed by atoms with E-state index >= 15 is 0 Å². The fourth-order valence-electron chi connectivity index (χ4n) is 3.06. The van der Waals surface area contributed by atoms with Crippen LogP contribution in [0.3, 0.4) is 0 Å². The predicted octanol–water partition coefficient (Wildman–Crippen LogP) is 3.94. The Bertz CT molecular complexity index is 838. The summed E-state index contributed by atoms with van der Waals surface area (Å²) in [7, 11) is 1.75. The number of furan rings is 1. The fraction of sp³-hybridized carbons (Fsp3) is 0.250. The molecule has 0 aliphatic carbocycles. The molecule has 0 fully saturated rings. The zero-order chi connectivity index (χ0) is 17.1. The number of nitrogens with zero attached hydrogens (tertiary/aromatic N) is 1. The fourth-order valence-corrected chi connectivity index (χ4v) is 3.06. The van der Waals surface area contributed by atoms with Gasteiger partial charge in [0.05, 0.1) is 6.04 Å². The SMILES string of the molecule is Cc1c(C(=O)N(C)C(CCO)c2ccccc2)oc2ccccc12. The number of benzene rings is 2. The normalized spacial score (nSPS) is 12.3. The van der Waals surface area contributed by atoms with Gasteiger partial charge in [-0.15, -0.1) is 0 Å². The molecule has 4 heteroatoms. The molecule has 0 saturated carbocycles.